The molecular formula is C24H26N2O4. The Morgan fingerprint density at radius 2 is 1.63 bits per heavy atom. The number of rotatable bonds is 2. The van der Waals surface area contributed by atoms with Crippen LogP contribution in [0.2, 0.25) is 0 Å². The first-order chi connectivity index (χ1) is 14.6. The molecule has 2 amide bonds. The maximum atomic E-state index is 13.3. The fourth-order valence-corrected chi connectivity index (χ4v) is 3.84. The lowest BCUT2D eigenvalue weighted by atomic mass is 9.92. The summed E-state index contributed by atoms with van der Waals surface area (Å²) in [5.74, 6) is 0.546. The summed E-state index contributed by atoms with van der Waals surface area (Å²) in [6.07, 6.45) is 5.60. The second kappa shape index (κ2) is 9.03. The number of hydrogen-bond donors (Lipinski definition) is 2. The van der Waals surface area contributed by atoms with Crippen molar-refractivity contribution in [3.8, 4) is 11.5 Å². The predicted molar refractivity (Wildman–Crippen MR) is 113 cm³/mol. The van der Waals surface area contributed by atoms with Gasteiger partial charge >= 0.3 is 0 Å². The molecule has 6 nitrogen and oxygen atoms in total. The standard InChI is InChI=1S/C24H26N2O4/c1-16-7-5-6-10-20(18-11-12-21-22(13-18)30-15-29-21)26-24(28)19(14-23(27)25-16)17-8-3-2-4-9-17/h2-6,8-9,11-13,16,19-20H,7,10,14-15H2,1H3,(H,25,27)(H,26,28)/b6-5-/t16-,19+,20+/m1/s1. The first kappa shape index (κ1) is 20.0. The predicted octanol–water partition coefficient (Wildman–Crippen LogP) is 3.60. The van der Waals surface area contributed by atoms with Gasteiger partial charge < -0.3 is 20.1 Å². The molecule has 0 aliphatic carbocycles. The molecule has 2 aromatic carbocycles. The molecule has 0 saturated carbocycles. The Hall–Kier alpha value is -3.28. The van der Waals surface area contributed by atoms with Crippen molar-refractivity contribution in [3.05, 3.63) is 71.8 Å². The van der Waals surface area contributed by atoms with E-state index in [-0.39, 0.29) is 37.1 Å². The average Bonchev–Trinajstić information content (AvgIpc) is 3.21. The molecule has 4 rings (SSSR count). The van der Waals surface area contributed by atoms with Crippen LogP contribution in [0.15, 0.2) is 60.7 Å². The molecule has 2 aromatic rings. The zero-order valence-corrected chi connectivity index (χ0v) is 17.0. The summed E-state index contributed by atoms with van der Waals surface area (Å²) in [5.41, 5.74) is 1.77. The minimum Gasteiger partial charge on any atom is -0.454 e. The van der Waals surface area contributed by atoms with Crippen molar-refractivity contribution in [2.45, 2.75) is 44.2 Å². The SMILES string of the molecule is C[C@@H]1C/C=C\C[C@@H](c2ccc3c(c2)OCO3)NC(=O)[C@H](c2ccccc2)CC(=O)N1. The molecule has 0 spiro atoms. The van der Waals surface area contributed by atoms with Gasteiger partial charge in [0.05, 0.1) is 12.0 Å². The van der Waals surface area contributed by atoms with Gasteiger partial charge in [-0.05, 0) is 43.0 Å². The minimum absolute atomic E-state index is 0.0108. The molecule has 2 heterocycles. The maximum absolute atomic E-state index is 13.3. The van der Waals surface area contributed by atoms with E-state index in [1.54, 1.807) is 0 Å². The fraction of sp³-hybridized carbons (Fsp3) is 0.333. The van der Waals surface area contributed by atoms with Crippen molar-refractivity contribution in [1.82, 2.24) is 10.6 Å². The Kier molecular flexibility index (Phi) is 6.02. The molecule has 30 heavy (non-hydrogen) atoms. The molecule has 0 unspecified atom stereocenters. The lowest BCUT2D eigenvalue weighted by Crippen LogP contribution is -2.38. The molecular weight excluding hydrogens is 380 g/mol. The lowest BCUT2D eigenvalue weighted by molar-refractivity contribution is -0.128. The molecule has 2 aliphatic heterocycles. The number of hydrogen-bond acceptors (Lipinski definition) is 4. The molecule has 2 N–H and O–H groups in total. The first-order valence-electron chi connectivity index (χ1n) is 10.3. The van der Waals surface area contributed by atoms with E-state index >= 15 is 0 Å². The summed E-state index contributed by atoms with van der Waals surface area (Å²) in [6, 6.07) is 15.0. The van der Waals surface area contributed by atoms with Gasteiger partial charge in [-0.25, -0.2) is 0 Å². The Balaban J connectivity index is 1.65. The number of carbonyl (C=O) groups is 2. The Labute approximate surface area is 176 Å². The lowest BCUT2D eigenvalue weighted by Gasteiger charge is -2.24. The highest BCUT2D eigenvalue weighted by molar-refractivity contribution is 5.90. The van der Waals surface area contributed by atoms with Crippen LogP contribution in [0.3, 0.4) is 0 Å². The van der Waals surface area contributed by atoms with Crippen molar-refractivity contribution in [3.63, 3.8) is 0 Å². The average molecular weight is 406 g/mol. The van der Waals surface area contributed by atoms with Gasteiger partial charge in [0.2, 0.25) is 18.6 Å². The van der Waals surface area contributed by atoms with Gasteiger partial charge in [-0.3, -0.25) is 9.59 Å². The van der Waals surface area contributed by atoms with Gasteiger partial charge in [-0.15, -0.1) is 0 Å². The van der Waals surface area contributed by atoms with Gasteiger partial charge in [0.15, 0.2) is 11.5 Å². The van der Waals surface area contributed by atoms with E-state index in [9.17, 15) is 9.59 Å². The highest BCUT2D eigenvalue weighted by atomic mass is 16.7. The van der Waals surface area contributed by atoms with Gasteiger partial charge in [-0.1, -0.05) is 48.6 Å². The largest absolute Gasteiger partial charge is 0.454 e. The molecule has 0 radical (unpaired) electrons. The van der Waals surface area contributed by atoms with Crippen LogP contribution in [-0.2, 0) is 9.59 Å². The second-order valence-electron chi connectivity index (χ2n) is 7.75. The fourth-order valence-electron chi connectivity index (χ4n) is 3.84. The smallest absolute Gasteiger partial charge is 0.231 e. The van der Waals surface area contributed by atoms with Crippen LogP contribution in [0, 0.1) is 0 Å². The van der Waals surface area contributed by atoms with Crippen LogP contribution in [0.25, 0.3) is 0 Å². The summed E-state index contributed by atoms with van der Waals surface area (Å²) in [4.78, 5) is 25.9. The molecule has 0 aromatic heterocycles. The molecule has 156 valence electrons. The van der Waals surface area contributed by atoms with E-state index in [1.165, 1.54) is 0 Å². The number of ether oxygens (including phenoxy) is 2. The highest BCUT2D eigenvalue weighted by Crippen LogP contribution is 2.35. The molecule has 0 saturated heterocycles. The van der Waals surface area contributed by atoms with E-state index in [0.29, 0.717) is 17.9 Å². The Bertz CT molecular complexity index is 941. The maximum Gasteiger partial charge on any atom is 0.231 e. The minimum atomic E-state index is -0.557. The van der Waals surface area contributed by atoms with E-state index in [1.807, 2.05) is 61.5 Å². The van der Waals surface area contributed by atoms with Crippen LogP contribution in [0.4, 0.5) is 0 Å². The third kappa shape index (κ3) is 4.64. The Morgan fingerprint density at radius 3 is 2.47 bits per heavy atom. The second-order valence-corrected chi connectivity index (χ2v) is 7.75. The monoisotopic (exact) mass is 406 g/mol. The Morgan fingerprint density at radius 1 is 0.867 bits per heavy atom. The third-order valence-corrected chi connectivity index (χ3v) is 5.46. The van der Waals surface area contributed by atoms with E-state index < -0.39 is 5.92 Å². The summed E-state index contributed by atoms with van der Waals surface area (Å²) >= 11 is 0. The first-order valence-corrected chi connectivity index (χ1v) is 10.3. The summed E-state index contributed by atoms with van der Waals surface area (Å²) < 4.78 is 10.9. The zero-order valence-electron chi connectivity index (χ0n) is 17.0. The van der Waals surface area contributed by atoms with Crippen molar-refractivity contribution in [1.29, 1.82) is 0 Å². The topological polar surface area (TPSA) is 76.7 Å². The van der Waals surface area contributed by atoms with Crippen molar-refractivity contribution in [2.24, 2.45) is 0 Å². The van der Waals surface area contributed by atoms with Crippen LogP contribution >= 0.6 is 0 Å². The molecule has 0 fully saturated rings. The normalized spacial score (nSPS) is 25.4. The van der Waals surface area contributed by atoms with E-state index in [0.717, 1.165) is 17.5 Å². The van der Waals surface area contributed by atoms with E-state index in [2.05, 4.69) is 16.7 Å². The molecule has 0 bridgehead atoms. The van der Waals surface area contributed by atoms with Crippen LogP contribution < -0.4 is 20.1 Å². The number of nitrogens with one attached hydrogen (secondary N) is 2. The van der Waals surface area contributed by atoms with E-state index in [4.69, 9.17) is 9.47 Å². The van der Waals surface area contributed by atoms with Crippen LogP contribution in [-0.4, -0.2) is 24.6 Å². The van der Waals surface area contributed by atoms with Gasteiger partial charge in [0.25, 0.3) is 0 Å². The van der Waals surface area contributed by atoms with Gasteiger partial charge in [-0.2, -0.15) is 0 Å². The van der Waals surface area contributed by atoms with Crippen LogP contribution in [0.1, 0.15) is 49.3 Å². The summed E-state index contributed by atoms with van der Waals surface area (Å²) in [7, 11) is 0. The number of fused-ring (bicyclic) bond motifs is 1. The summed E-state index contributed by atoms with van der Waals surface area (Å²) in [5, 5.41) is 6.14. The van der Waals surface area contributed by atoms with Gasteiger partial charge in [0, 0.05) is 12.5 Å². The quantitative estimate of drug-likeness (QED) is 0.747. The molecule has 3 atom stereocenters. The molecule has 6 heteroatoms. The van der Waals surface area contributed by atoms with Crippen molar-refractivity contribution < 1.29 is 19.1 Å². The molecule has 2 aliphatic rings. The number of benzene rings is 2. The third-order valence-electron chi connectivity index (χ3n) is 5.46. The summed E-state index contributed by atoms with van der Waals surface area (Å²) in [6.45, 7) is 2.18. The van der Waals surface area contributed by atoms with Crippen molar-refractivity contribution >= 4 is 11.8 Å². The highest BCUT2D eigenvalue weighted by Gasteiger charge is 2.27. The van der Waals surface area contributed by atoms with Crippen molar-refractivity contribution in [2.75, 3.05) is 6.79 Å². The number of amides is 2. The van der Waals surface area contributed by atoms with Gasteiger partial charge in [0.1, 0.15) is 0 Å². The van der Waals surface area contributed by atoms with Crippen LogP contribution in [0.5, 0.6) is 11.5 Å². The zero-order chi connectivity index (χ0) is 20.9. The number of carbonyl (C=O) groups excluding carboxylic acids is 2.